The first-order valence-corrected chi connectivity index (χ1v) is 7.47. The Hall–Kier alpha value is -0.910. The highest BCUT2D eigenvalue weighted by atomic mass is 79.9. The Bertz CT molecular complexity index is 498. The summed E-state index contributed by atoms with van der Waals surface area (Å²) in [5, 5.41) is 15.8. The molecule has 1 atom stereocenters. The number of anilines is 1. The molecule has 19 heavy (non-hydrogen) atoms. The predicted octanol–water partition coefficient (Wildman–Crippen LogP) is 2.34. The maximum Gasteiger partial charge on any atom is 0.246 e. The van der Waals surface area contributed by atoms with Crippen LogP contribution >= 0.6 is 15.9 Å². The number of halogens is 1. The molecule has 0 spiro atoms. The first-order chi connectivity index (χ1) is 9.13. The van der Waals surface area contributed by atoms with Gasteiger partial charge >= 0.3 is 0 Å². The Labute approximate surface area is 120 Å². The summed E-state index contributed by atoms with van der Waals surface area (Å²) >= 11 is 3.41. The molecule has 3 rings (SSSR count). The number of hydrogen-bond donors (Lipinski definition) is 3. The molecule has 1 unspecified atom stereocenters. The first-order valence-electron chi connectivity index (χ1n) is 6.68. The van der Waals surface area contributed by atoms with Crippen LogP contribution in [0.5, 0.6) is 0 Å². The van der Waals surface area contributed by atoms with Crippen molar-refractivity contribution >= 4 is 27.5 Å². The number of hydrogen-bond acceptors (Lipinski definition) is 3. The number of amides is 1. The minimum absolute atomic E-state index is 0.0132. The largest absolute Gasteiger partial charge is 0.393 e. The van der Waals surface area contributed by atoms with Gasteiger partial charge in [-0.05, 0) is 37.8 Å². The molecule has 3 N–H and O–H groups in total. The van der Waals surface area contributed by atoms with Crippen molar-refractivity contribution in [1.29, 1.82) is 0 Å². The molecule has 0 saturated heterocycles. The second-order valence-electron chi connectivity index (χ2n) is 5.33. The van der Waals surface area contributed by atoms with Crippen molar-refractivity contribution < 1.29 is 9.90 Å². The standard InChI is InChI=1S/C14H17BrN2O2/c15-8-1-6-11-12(7-8)17-14(19)13(11)16-9-2-4-10(18)5-3-9/h1,6-7,9-10,13,16,18H,2-5H2,(H,17,19). The van der Waals surface area contributed by atoms with Crippen molar-refractivity contribution in [2.24, 2.45) is 0 Å². The van der Waals surface area contributed by atoms with Gasteiger partial charge in [0.05, 0.1) is 6.10 Å². The van der Waals surface area contributed by atoms with Crippen LogP contribution in [-0.4, -0.2) is 23.2 Å². The lowest BCUT2D eigenvalue weighted by Gasteiger charge is -2.28. The van der Waals surface area contributed by atoms with Gasteiger partial charge in [-0.2, -0.15) is 0 Å². The average Bonchev–Trinajstić information content (AvgIpc) is 2.68. The lowest BCUT2D eigenvalue weighted by Crippen LogP contribution is -2.39. The van der Waals surface area contributed by atoms with Crippen molar-refractivity contribution in [2.45, 2.75) is 43.9 Å². The molecular weight excluding hydrogens is 308 g/mol. The molecule has 0 aromatic heterocycles. The molecule has 2 aliphatic rings. The molecule has 0 bridgehead atoms. The summed E-state index contributed by atoms with van der Waals surface area (Å²) in [4.78, 5) is 12.0. The minimum atomic E-state index is -0.261. The summed E-state index contributed by atoms with van der Waals surface area (Å²) < 4.78 is 0.966. The van der Waals surface area contributed by atoms with Gasteiger partial charge in [-0.15, -0.1) is 0 Å². The lowest BCUT2D eigenvalue weighted by atomic mass is 9.92. The van der Waals surface area contributed by atoms with Crippen LogP contribution in [0.3, 0.4) is 0 Å². The summed E-state index contributed by atoms with van der Waals surface area (Å²) in [6.45, 7) is 0. The zero-order valence-corrected chi connectivity index (χ0v) is 12.1. The van der Waals surface area contributed by atoms with E-state index in [1.807, 2.05) is 18.2 Å². The molecule has 1 amide bonds. The maximum atomic E-state index is 12.0. The van der Waals surface area contributed by atoms with Crippen molar-refractivity contribution in [1.82, 2.24) is 5.32 Å². The third-order valence-corrected chi connectivity index (χ3v) is 4.44. The topological polar surface area (TPSA) is 61.4 Å². The summed E-state index contributed by atoms with van der Waals surface area (Å²) in [6, 6.07) is 5.92. The van der Waals surface area contributed by atoms with Crippen LogP contribution in [-0.2, 0) is 4.79 Å². The average molecular weight is 325 g/mol. The monoisotopic (exact) mass is 324 g/mol. The highest BCUT2D eigenvalue weighted by Crippen LogP contribution is 2.34. The number of aliphatic hydroxyl groups is 1. The Balaban J connectivity index is 1.73. The van der Waals surface area contributed by atoms with E-state index in [-0.39, 0.29) is 18.1 Å². The van der Waals surface area contributed by atoms with Crippen LogP contribution in [0.2, 0.25) is 0 Å². The zero-order chi connectivity index (χ0) is 13.4. The van der Waals surface area contributed by atoms with E-state index in [0.717, 1.165) is 41.4 Å². The Morgan fingerprint density at radius 1 is 1.26 bits per heavy atom. The highest BCUT2D eigenvalue weighted by Gasteiger charge is 2.33. The second-order valence-corrected chi connectivity index (χ2v) is 6.24. The van der Waals surface area contributed by atoms with E-state index in [2.05, 4.69) is 26.6 Å². The Kier molecular flexibility index (Phi) is 3.60. The summed E-state index contributed by atoms with van der Waals surface area (Å²) in [5.74, 6) is 0.0132. The molecule has 1 aliphatic carbocycles. The van der Waals surface area contributed by atoms with Crippen molar-refractivity contribution in [3.63, 3.8) is 0 Å². The SMILES string of the molecule is O=C1Nc2cc(Br)ccc2C1NC1CCC(O)CC1. The molecule has 4 nitrogen and oxygen atoms in total. The summed E-state index contributed by atoms with van der Waals surface area (Å²) in [6.07, 6.45) is 3.32. The van der Waals surface area contributed by atoms with E-state index in [1.54, 1.807) is 0 Å². The van der Waals surface area contributed by atoms with Gasteiger partial charge in [0.15, 0.2) is 0 Å². The molecule has 1 aromatic carbocycles. The van der Waals surface area contributed by atoms with E-state index < -0.39 is 0 Å². The van der Waals surface area contributed by atoms with Crippen LogP contribution in [0.25, 0.3) is 0 Å². The van der Waals surface area contributed by atoms with Gasteiger partial charge in [0.2, 0.25) is 5.91 Å². The fourth-order valence-corrected chi connectivity index (χ4v) is 3.24. The second kappa shape index (κ2) is 5.23. The summed E-state index contributed by atoms with van der Waals surface area (Å²) in [7, 11) is 0. The normalized spacial score (nSPS) is 30.0. The number of carbonyl (C=O) groups excluding carboxylic acids is 1. The van der Waals surface area contributed by atoms with E-state index in [0.29, 0.717) is 6.04 Å². The fourth-order valence-electron chi connectivity index (χ4n) is 2.88. The van der Waals surface area contributed by atoms with Crippen molar-refractivity contribution in [3.8, 4) is 0 Å². The van der Waals surface area contributed by atoms with Crippen molar-refractivity contribution in [3.05, 3.63) is 28.2 Å². The predicted molar refractivity (Wildman–Crippen MR) is 76.9 cm³/mol. The van der Waals surface area contributed by atoms with Gasteiger partial charge in [-0.3, -0.25) is 10.1 Å². The molecular formula is C14H17BrN2O2. The summed E-state index contributed by atoms with van der Waals surface area (Å²) in [5.41, 5.74) is 1.90. The number of nitrogens with one attached hydrogen (secondary N) is 2. The molecule has 1 fully saturated rings. The molecule has 0 radical (unpaired) electrons. The van der Waals surface area contributed by atoms with Gasteiger partial charge in [0.1, 0.15) is 6.04 Å². The van der Waals surface area contributed by atoms with Gasteiger partial charge < -0.3 is 10.4 Å². The van der Waals surface area contributed by atoms with Gasteiger partial charge in [-0.1, -0.05) is 22.0 Å². The van der Waals surface area contributed by atoms with E-state index in [9.17, 15) is 9.90 Å². The molecule has 1 aromatic rings. The van der Waals surface area contributed by atoms with Crippen molar-refractivity contribution in [2.75, 3.05) is 5.32 Å². The minimum Gasteiger partial charge on any atom is -0.393 e. The van der Waals surface area contributed by atoms with E-state index >= 15 is 0 Å². The number of carbonyl (C=O) groups is 1. The third-order valence-electron chi connectivity index (χ3n) is 3.95. The highest BCUT2D eigenvalue weighted by molar-refractivity contribution is 9.10. The van der Waals surface area contributed by atoms with Gasteiger partial charge in [0, 0.05) is 21.8 Å². The van der Waals surface area contributed by atoms with E-state index in [4.69, 9.17) is 0 Å². The van der Waals surface area contributed by atoms with Crippen LogP contribution < -0.4 is 10.6 Å². The smallest absolute Gasteiger partial charge is 0.246 e. The third kappa shape index (κ3) is 2.68. The maximum absolute atomic E-state index is 12.0. The van der Waals surface area contributed by atoms with Crippen LogP contribution in [0, 0.1) is 0 Å². The van der Waals surface area contributed by atoms with Crippen LogP contribution in [0.15, 0.2) is 22.7 Å². The quantitative estimate of drug-likeness (QED) is 0.782. The van der Waals surface area contributed by atoms with Gasteiger partial charge in [-0.25, -0.2) is 0 Å². The molecule has 1 saturated carbocycles. The number of aliphatic hydroxyl groups excluding tert-OH is 1. The number of benzene rings is 1. The molecule has 1 heterocycles. The molecule has 5 heteroatoms. The Morgan fingerprint density at radius 2 is 2.00 bits per heavy atom. The molecule has 1 aliphatic heterocycles. The fraction of sp³-hybridized carbons (Fsp3) is 0.500. The number of fused-ring (bicyclic) bond motifs is 1. The zero-order valence-electron chi connectivity index (χ0n) is 10.5. The first kappa shape index (κ1) is 13.1. The van der Waals surface area contributed by atoms with Crippen LogP contribution in [0.1, 0.15) is 37.3 Å². The van der Waals surface area contributed by atoms with E-state index in [1.165, 1.54) is 0 Å². The van der Waals surface area contributed by atoms with Crippen LogP contribution in [0.4, 0.5) is 5.69 Å². The Morgan fingerprint density at radius 3 is 2.74 bits per heavy atom. The lowest BCUT2D eigenvalue weighted by molar-refractivity contribution is -0.118. The number of rotatable bonds is 2. The molecule has 102 valence electrons. The van der Waals surface area contributed by atoms with Gasteiger partial charge in [0.25, 0.3) is 0 Å².